The fourth-order valence-corrected chi connectivity index (χ4v) is 1.94. The van der Waals surface area contributed by atoms with Crippen molar-refractivity contribution in [3.05, 3.63) is 17.1 Å². The van der Waals surface area contributed by atoms with Gasteiger partial charge in [-0.05, 0) is 33.6 Å². The van der Waals surface area contributed by atoms with Gasteiger partial charge in [-0.25, -0.2) is 9.97 Å². The molecule has 96 valence electrons. The van der Waals surface area contributed by atoms with Crippen LogP contribution in [0.25, 0.3) is 0 Å². The average Bonchev–Trinajstić information content (AvgIpc) is 2.28. The number of hydrogen-bond acceptors (Lipinski definition) is 4. The number of ether oxygens (including phenoxy) is 1. The molecule has 1 heterocycles. The lowest BCUT2D eigenvalue weighted by atomic mass is 10.0. The van der Waals surface area contributed by atoms with E-state index >= 15 is 0 Å². The highest BCUT2D eigenvalue weighted by Crippen LogP contribution is 2.28. The first-order valence-corrected chi connectivity index (χ1v) is 6.25. The lowest BCUT2D eigenvalue weighted by Gasteiger charge is -2.27. The van der Waals surface area contributed by atoms with Crippen molar-refractivity contribution in [1.29, 1.82) is 0 Å². The third-order valence-electron chi connectivity index (χ3n) is 3.21. The average molecular weight is 237 g/mol. The Morgan fingerprint density at radius 2 is 1.88 bits per heavy atom. The Morgan fingerprint density at radius 1 is 1.24 bits per heavy atom. The molecule has 1 aromatic rings. The molecule has 1 aromatic heterocycles. The van der Waals surface area contributed by atoms with Crippen molar-refractivity contribution in [1.82, 2.24) is 9.97 Å². The van der Waals surface area contributed by atoms with Gasteiger partial charge in [0.15, 0.2) is 5.82 Å². The van der Waals surface area contributed by atoms with E-state index in [-0.39, 0.29) is 0 Å². The summed E-state index contributed by atoms with van der Waals surface area (Å²) in [5, 5.41) is 0. The number of nitrogens with two attached hydrogens (primary N) is 1. The molecule has 4 nitrogen and oxygen atoms in total. The molecule has 1 atom stereocenters. The molecule has 0 aliphatic carbocycles. The SMILES string of the molecule is CCOC(C)(CC)c1nc(C)c(CC)c(N)n1. The fraction of sp³-hybridized carbons (Fsp3) is 0.692. The smallest absolute Gasteiger partial charge is 0.162 e. The van der Waals surface area contributed by atoms with Crippen LogP contribution in [0.2, 0.25) is 0 Å². The Hall–Kier alpha value is -1.16. The van der Waals surface area contributed by atoms with Crippen LogP contribution in [0.1, 0.15) is 51.2 Å². The zero-order chi connectivity index (χ0) is 13.1. The number of aromatic nitrogens is 2. The second-order valence-corrected chi connectivity index (χ2v) is 4.37. The van der Waals surface area contributed by atoms with Crippen LogP contribution < -0.4 is 5.73 Å². The minimum atomic E-state index is -0.445. The molecule has 1 unspecified atom stereocenters. The van der Waals surface area contributed by atoms with Crippen molar-refractivity contribution in [2.75, 3.05) is 12.3 Å². The lowest BCUT2D eigenvalue weighted by molar-refractivity contribution is -0.0390. The second kappa shape index (κ2) is 5.45. The standard InChI is InChI=1S/C13H23N3O/c1-6-10-9(4)15-12(16-11(10)14)13(5,7-2)17-8-3/h6-8H2,1-5H3,(H2,14,15,16). The number of nitrogen functional groups attached to an aromatic ring is 1. The largest absolute Gasteiger partial charge is 0.383 e. The minimum absolute atomic E-state index is 0.445. The van der Waals surface area contributed by atoms with Gasteiger partial charge in [-0.1, -0.05) is 13.8 Å². The molecular formula is C13H23N3O. The number of anilines is 1. The zero-order valence-corrected chi connectivity index (χ0v) is 11.5. The molecule has 0 bridgehead atoms. The summed E-state index contributed by atoms with van der Waals surface area (Å²) < 4.78 is 5.77. The zero-order valence-electron chi connectivity index (χ0n) is 11.5. The summed E-state index contributed by atoms with van der Waals surface area (Å²) in [5.41, 5.74) is 7.51. The maximum absolute atomic E-state index is 5.97. The Balaban J connectivity index is 3.23. The van der Waals surface area contributed by atoms with E-state index in [4.69, 9.17) is 10.5 Å². The van der Waals surface area contributed by atoms with Gasteiger partial charge in [0.1, 0.15) is 11.4 Å². The molecule has 0 saturated heterocycles. The molecule has 1 rings (SSSR count). The Labute approximate surface area is 104 Å². The van der Waals surface area contributed by atoms with Crippen LogP contribution in [0, 0.1) is 6.92 Å². The molecular weight excluding hydrogens is 214 g/mol. The number of rotatable bonds is 5. The van der Waals surface area contributed by atoms with Crippen LogP contribution in [-0.2, 0) is 16.8 Å². The summed E-state index contributed by atoms with van der Waals surface area (Å²) in [4.78, 5) is 8.96. The van der Waals surface area contributed by atoms with Crippen molar-refractivity contribution in [3.8, 4) is 0 Å². The van der Waals surface area contributed by atoms with E-state index in [0.717, 1.165) is 24.1 Å². The van der Waals surface area contributed by atoms with Crippen molar-refractivity contribution >= 4 is 5.82 Å². The lowest BCUT2D eigenvalue weighted by Crippen LogP contribution is -2.29. The van der Waals surface area contributed by atoms with Gasteiger partial charge in [0.25, 0.3) is 0 Å². The van der Waals surface area contributed by atoms with Crippen LogP contribution in [-0.4, -0.2) is 16.6 Å². The maximum Gasteiger partial charge on any atom is 0.162 e. The van der Waals surface area contributed by atoms with E-state index in [1.54, 1.807) is 0 Å². The highest BCUT2D eigenvalue weighted by Gasteiger charge is 2.29. The molecule has 0 aromatic carbocycles. The molecule has 17 heavy (non-hydrogen) atoms. The van der Waals surface area contributed by atoms with Gasteiger partial charge < -0.3 is 10.5 Å². The summed E-state index contributed by atoms with van der Waals surface area (Å²) in [6.07, 6.45) is 1.68. The van der Waals surface area contributed by atoms with Gasteiger partial charge in [-0.2, -0.15) is 0 Å². The molecule has 0 saturated carbocycles. The Morgan fingerprint density at radius 3 is 2.29 bits per heavy atom. The van der Waals surface area contributed by atoms with Gasteiger partial charge >= 0.3 is 0 Å². The topological polar surface area (TPSA) is 61.0 Å². The van der Waals surface area contributed by atoms with E-state index in [9.17, 15) is 0 Å². The highest BCUT2D eigenvalue weighted by atomic mass is 16.5. The predicted molar refractivity (Wildman–Crippen MR) is 69.8 cm³/mol. The summed E-state index contributed by atoms with van der Waals surface area (Å²) in [6.45, 7) is 10.7. The van der Waals surface area contributed by atoms with Crippen molar-refractivity contribution < 1.29 is 4.74 Å². The van der Waals surface area contributed by atoms with Gasteiger partial charge in [-0.3, -0.25) is 0 Å². The van der Waals surface area contributed by atoms with Crippen LogP contribution in [0.4, 0.5) is 5.82 Å². The van der Waals surface area contributed by atoms with Gasteiger partial charge in [0.05, 0.1) is 0 Å². The molecule has 0 amide bonds. The third kappa shape index (κ3) is 2.75. The second-order valence-electron chi connectivity index (χ2n) is 4.37. The fourth-order valence-electron chi connectivity index (χ4n) is 1.94. The molecule has 4 heteroatoms. The third-order valence-corrected chi connectivity index (χ3v) is 3.21. The van der Waals surface area contributed by atoms with Gasteiger partial charge in [0, 0.05) is 17.9 Å². The highest BCUT2D eigenvalue weighted by molar-refractivity contribution is 5.42. The van der Waals surface area contributed by atoms with E-state index in [1.807, 2.05) is 20.8 Å². The van der Waals surface area contributed by atoms with E-state index in [2.05, 4.69) is 23.8 Å². The summed E-state index contributed by atoms with van der Waals surface area (Å²) in [5.74, 6) is 1.27. The molecule has 0 spiro atoms. The summed E-state index contributed by atoms with van der Waals surface area (Å²) >= 11 is 0. The van der Waals surface area contributed by atoms with Gasteiger partial charge in [-0.15, -0.1) is 0 Å². The number of aryl methyl sites for hydroxylation is 1. The van der Waals surface area contributed by atoms with E-state index in [0.29, 0.717) is 18.2 Å². The minimum Gasteiger partial charge on any atom is -0.383 e. The van der Waals surface area contributed by atoms with Crippen LogP contribution in [0.5, 0.6) is 0 Å². The van der Waals surface area contributed by atoms with Crippen molar-refractivity contribution in [2.45, 2.75) is 53.1 Å². The van der Waals surface area contributed by atoms with Crippen LogP contribution in [0.15, 0.2) is 0 Å². The number of nitrogens with zero attached hydrogens (tertiary/aromatic N) is 2. The Bertz CT molecular complexity index is 369. The number of hydrogen-bond donors (Lipinski definition) is 1. The normalized spacial score (nSPS) is 14.6. The van der Waals surface area contributed by atoms with E-state index in [1.165, 1.54) is 0 Å². The molecule has 2 N–H and O–H groups in total. The quantitative estimate of drug-likeness (QED) is 0.855. The van der Waals surface area contributed by atoms with Crippen molar-refractivity contribution in [2.24, 2.45) is 0 Å². The maximum atomic E-state index is 5.97. The summed E-state index contributed by atoms with van der Waals surface area (Å²) in [7, 11) is 0. The first kappa shape index (κ1) is 13.9. The molecule has 0 aliphatic heterocycles. The molecule has 0 radical (unpaired) electrons. The molecule has 0 aliphatic rings. The Kier molecular flexibility index (Phi) is 4.46. The predicted octanol–water partition coefficient (Wildman–Crippen LogP) is 2.59. The van der Waals surface area contributed by atoms with Crippen LogP contribution >= 0.6 is 0 Å². The first-order valence-electron chi connectivity index (χ1n) is 6.25. The van der Waals surface area contributed by atoms with Crippen molar-refractivity contribution in [3.63, 3.8) is 0 Å². The summed E-state index contributed by atoms with van der Waals surface area (Å²) in [6, 6.07) is 0. The van der Waals surface area contributed by atoms with E-state index < -0.39 is 5.60 Å². The molecule has 0 fully saturated rings. The first-order chi connectivity index (χ1) is 7.98. The van der Waals surface area contributed by atoms with Crippen LogP contribution in [0.3, 0.4) is 0 Å². The monoisotopic (exact) mass is 237 g/mol. The van der Waals surface area contributed by atoms with Gasteiger partial charge in [0.2, 0.25) is 0 Å².